The average Bonchev–Trinajstić information content (AvgIpc) is 2.46. The third kappa shape index (κ3) is 3.65. The molecule has 1 aromatic carbocycles. The summed E-state index contributed by atoms with van der Waals surface area (Å²) >= 11 is 0. The molecule has 19 heavy (non-hydrogen) atoms. The highest BCUT2D eigenvalue weighted by Crippen LogP contribution is 2.21. The van der Waals surface area contributed by atoms with E-state index in [1.165, 1.54) is 5.56 Å². The minimum atomic E-state index is 0.153. The summed E-state index contributed by atoms with van der Waals surface area (Å²) in [6, 6.07) is 17.2. The molecule has 2 atom stereocenters. The molecule has 0 saturated carbocycles. The minimum absolute atomic E-state index is 0.153. The van der Waals surface area contributed by atoms with E-state index in [9.17, 15) is 0 Å². The first-order valence-electron chi connectivity index (χ1n) is 6.90. The number of nitrogens with one attached hydrogen (secondary N) is 1. The Morgan fingerprint density at radius 2 is 1.58 bits per heavy atom. The largest absolute Gasteiger partial charge is 0.302 e. The van der Waals surface area contributed by atoms with Crippen LogP contribution in [0, 0.1) is 5.92 Å². The quantitative estimate of drug-likeness (QED) is 0.877. The van der Waals surface area contributed by atoms with Crippen molar-refractivity contribution in [2.24, 2.45) is 5.92 Å². The topological polar surface area (TPSA) is 24.9 Å². The second kappa shape index (κ2) is 6.48. The zero-order valence-electron chi connectivity index (χ0n) is 11.9. The maximum absolute atomic E-state index is 4.51. The third-order valence-electron chi connectivity index (χ3n) is 3.55. The third-order valence-corrected chi connectivity index (χ3v) is 3.55. The van der Waals surface area contributed by atoms with Gasteiger partial charge in [0.15, 0.2) is 0 Å². The van der Waals surface area contributed by atoms with Crippen LogP contribution in [0.3, 0.4) is 0 Å². The second-order valence-corrected chi connectivity index (χ2v) is 5.30. The van der Waals surface area contributed by atoms with Gasteiger partial charge in [-0.1, -0.05) is 50.2 Å². The fourth-order valence-electron chi connectivity index (χ4n) is 2.00. The summed E-state index contributed by atoms with van der Waals surface area (Å²) in [5.41, 5.74) is 2.33. The fraction of sp³-hybridized carbons (Fsp3) is 0.353. The summed E-state index contributed by atoms with van der Waals surface area (Å²) < 4.78 is 0. The van der Waals surface area contributed by atoms with Gasteiger partial charge in [-0.15, -0.1) is 0 Å². The number of benzene rings is 1. The molecule has 1 N–H and O–H groups in total. The van der Waals surface area contributed by atoms with Crippen molar-refractivity contribution in [3.05, 3.63) is 66.0 Å². The molecular formula is C17H22N2. The molecule has 0 spiro atoms. The Bertz CT molecular complexity index is 440. The van der Waals surface area contributed by atoms with Crippen LogP contribution in [0.4, 0.5) is 0 Å². The van der Waals surface area contributed by atoms with E-state index in [1.807, 2.05) is 24.4 Å². The van der Waals surface area contributed by atoms with Gasteiger partial charge >= 0.3 is 0 Å². The number of aromatic nitrogens is 1. The van der Waals surface area contributed by atoms with E-state index in [-0.39, 0.29) is 6.04 Å². The van der Waals surface area contributed by atoms with Gasteiger partial charge in [0.1, 0.15) is 0 Å². The lowest BCUT2D eigenvalue weighted by atomic mass is 9.99. The lowest BCUT2D eigenvalue weighted by molar-refractivity contribution is 0.396. The molecular weight excluding hydrogens is 232 g/mol. The summed E-state index contributed by atoms with van der Waals surface area (Å²) in [5, 5.41) is 3.69. The first-order chi connectivity index (χ1) is 9.18. The number of pyridine rings is 1. The minimum Gasteiger partial charge on any atom is -0.302 e. The van der Waals surface area contributed by atoms with Gasteiger partial charge in [-0.3, -0.25) is 4.98 Å². The van der Waals surface area contributed by atoms with Crippen LogP contribution in [0.25, 0.3) is 0 Å². The van der Waals surface area contributed by atoms with Gasteiger partial charge < -0.3 is 5.32 Å². The standard InChI is InChI=1S/C17H22N2/c1-13(2)14(3)19-17(15-9-5-4-6-10-15)16-11-7-8-12-18-16/h4-14,17,19H,1-3H3. The lowest BCUT2D eigenvalue weighted by Crippen LogP contribution is -2.35. The van der Waals surface area contributed by atoms with E-state index in [1.54, 1.807) is 0 Å². The SMILES string of the molecule is CC(C)C(C)NC(c1ccccc1)c1ccccn1. The molecule has 0 aliphatic rings. The lowest BCUT2D eigenvalue weighted by Gasteiger charge is -2.25. The summed E-state index contributed by atoms with van der Waals surface area (Å²) in [6.45, 7) is 6.69. The zero-order valence-corrected chi connectivity index (χ0v) is 11.9. The van der Waals surface area contributed by atoms with Crippen molar-refractivity contribution in [2.45, 2.75) is 32.9 Å². The summed E-state index contributed by atoms with van der Waals surface area (Å²) in [5.74, 6) is 0.593. The van der Waals surface area contributed by atoms with Crippen molar-refractivity contribution in [3.8, 4) is 0 Å². The van der Waals surface area contributed by atoms with E-state index in [0.29, 0.717) is 12.0 Å². The molecule has 2 rings (SSSR count). The highest BCUT2D eigenvalue weighted by molar-refractivity contribution is 5.27. The van der Waals surface area contributed by atoms with Crippen molar-refractivity contribution < 1.29 is 0 Å². The molecule has 2 nitrogen and oxygen atoms in total. The Labute approximate surface area is 115 Å². The van der Waals surface area contributed by atoms with Gasteiger partial charge in [0.2, 0.25) is 0 Å². The van der Waals surface area contributed by atoms with Gasteiger partial charge in [-0.05, 0) is 30.5 Å². The Kier molecular flexibility index (Phi) is 4.69. The van der Waals surface area contributed by atoms with Crippen LogP contribution in [0.2, 0.25) is 0 Å². The first kappa shape index (κ1) is 13.8. The van der Waals surface area contributed by atoms with Gasteiger partial charge in [-0.25, -0.2) is 0 Å². The Hall–Kier alpha value is -1.67. The maximum atomic E-state index is 4.51. The summed E-state index contributed by atoms with van der Waals surface area (Å²) in [6.07, 6.45) is 1.85. The predicted molar refractivity (Wildman–Crippen MR) is 80.0 cm³/mol. The zero-order chi connectivity index (χ0) is 13.7. The normalized spacial score (nSPS) is 14.3. The number of nitrogens with zero attached hydrogens (tertiary/aromatic N) is 1. The molecule has 0 amide bonds. The molecule has 1 aromatic heterocycles. The molecule has 0 aliphatic carbocycles. The number of rotatable bonds is 5. The number of hydrogen-bond acceptors (Lipinski definition) is 2. The Morgan fingerprint density at radius 1 is 0.895 bits per heavy atom. The van der Waals surface area contributed by atoms with Crippen LogP contribution in [-0.2, 0) is 0 Å². The smallest absolute Gasteiger partial charge is 0.0753 e. The molecule has 0 aliphatic heterocycles. The molecule has 1 heterocycles. The molecule has 0 bridgehead atoms. The Morgan fingerprint density at radius 3 is 2.16 bits per heavy atom. The van der Waals surface area contributed by atoms with Crippen LogP contribution in [0.1, 0.15) is 38.1 Å². The van der Waals surface area contributed by atoms with E-state index in [4.69, 9.17) is 0 Å². The van der Waals surface area contributed by atoms with E-state index in [2.05, 4.69) is 61.4 Å². The highest BCUT2D eigenvalue weighted by atomic mass is 15.0. The second-order valence-electron chi connectivity index (χ2n) is 5.30. The van der Waals surface area contributed by atoms with Gasteiger partial charge in [0, 0.05) is 12.2 Å². The van der Waals surface area contributed by atoms with Gasteiger partial charge in [0.25, 0.3) is 0 Å². The molecule has 100 valence electrons. The van der Waals surface area contributed by atoms with Crippen LogP contribution >= 0.6 is 0 Å². The van der Waals surface area contributed by atoms with Crippen LogP contribution < -0.4 is 5.32 Å². The van der Waals surface area contributed by atoms with Crippen molar-refractivity contribution >= 4 is 0 Å². The molecule has 0 fully saturated rings. The molecule has 2 heteroatoms. The van der Waals surface area contributed by atoms with Crippen LogP contribution in [-0.4, -0.2) is 11.0 Å². The first-order valence-corrected chi connectivity index (χ1v) is 6.90. The van der Waals surface area contributed by atoms with Gasteiger partial charge in [-0.2, -0.15) is 0 Å². The van der Waals surface area contributed by atoms with E-state index >= 15 is 0 Å². The van der Waals surface area contributed by atoms with Gasteiger partial charge in [0.05, 0.1) is 11.7 Å². The van der Waals surface area contributed by atoms with Crippen LogP contribution in [0.15, 0.2) is 54.7 Å². The summed E-state index contributed by atoms with van der Waals surface area (Å²) in [7, 11) is 0. The highest BCUT2D eigenvalue weighted by Gasteiger charge is 2.18. The van der Waals surface area contributed by atoms with E-state index < -0.39 is 0 Å². The molecule has 0 saturated heterocycles. The molecule has 0 radical (unpaired) electrons. The van der Waals surface area contributed by atoms with Crippen molar-refractivity contribution in [1.29, 1.82) is 0 Å². The van der Waals surface area contributed by atoms with Crippen molar-refractivity contribution in [1.82, 2.24) is 10.3 Å². The van der Waals surface area contributed by atoms with Crippen LogP contribution in [0.5, 0.6) is 0 Å². The summed E-state index contributed by atoms with van der Waals surface area (Å²) in [4.78, 5) is 4.51. The van der Waals surface area contributed by atoms with E-state index in [0.717, 1.165) is 5.69 Å². The van der Waals surface area contributed by atoms with Crippen molar-refractivity contribution in [2.75, 3.05) is 0 Å². The Balaban J connectivity index is 2.29. The monoisotopic (exact) mass is 254 g/mol. The maximum Gasteiger partial charge on any atom is 0.0753 e. The molecule has 2 unspecified atom stereocenters. The fourth-order valence-corrected chi connectivity index (χ4v) is 2.00. The predicted octanol–water partition coefficient (Wildman–Crippen LogP) is 3.81. The molecule has 2 aromatic rings. The van der Waals surface area contributed by atoms with Crippen molar-refractivity contribution in [3.63, 3.8) is 0 Å². The number of hydrogen-bond donors (Lipinski definition) is 1. The average molecular weight is 254 g/mol.